The van der Waals surface area contributed by atoms with Crippen molar-refractivity contribution in [1.29, 1.82) is 0 Å². The molecule has 0 spiro atoms. The van der Waals surface area contributed by atoms with Crippen molar-refractivity contribution in [3.05, 3.63) is 28.8 Å². The van der Waals surface area contributed by atoms with E-state index in [4.69, 9.17) is 10.8 Å². The molecule has 110 valence electrons. The van der Waals surface area contributed by atoms with Crippen LogP contribution in [0.1, 0.15) is 54.0 Å². The lowest BCUT2D eigenvalue weighted by atomic mass is 9.87. The van der Waals surface area contributed by atoms with Crippen LogP contribution < -0.4 is 11.1 Å². The van der Waals surface area contributed by atoms with E-state index in [0.717, 1.165) is 0 Å². The molecule has 0 bridgehead atoms. The minimum absolute atomic E-state index is 0.0385. The van der Waals surface area contributed by atoms with Crippen molar-refractivity contribution in [3.63, 3.8) is 0 Å². The van der Waals surface area contributed by atoms with Gasteiger partial charge >= 0.3 is 5.97 Å². The second-order valence-corrected chi connectivity index (χ2v) is 6.11. The van der Waals surface area contributed by atoms with Crippen molar-refractivity contribution < 1.29 is 14.7 Å². The van der Waals surface area contributed by atoms with Crippen molar-refractivity contribution in [2.45, 2.75) is 40.7 Å². The molecule has 1 rings (SSSR count). The Balaban J connectivity index is 3.32. The molecular formula is C15H22N2O3. The minimum atomic E-state index is -1.02. The van der Waals surface area contributed by atoms with Crippen molar-refractivity contribution in [3.8, 4) is 0 Å². The number of nitrogens with one attached hydrogen (secondary N) is 1. The lowest BCUT2D eigenvalue weighted by molar-refractivity contribution is 0.0695. The van der Waals surface area contributed by atoms with Crippen molar-refractivity contribution in [1.82, 2.24) is 0 Å². The van der Waals surface area contributed by atoms with Crippen molar-refractivity contribution in [2.24, 2.45) is 11.1 Å². The Hall–Kier alpha value is -2.04. The number of aryl methyl sites for hydroxylation is 1. The summed E-state index contributed by atoms with van der Waals surface area (Å²) in [5, 5.41) is 12.4. The van der Waals surface area contributed by atoms with Crippen LogP contribution in [-0.2, 0) is 0 Å². The van der Waals surface area contributed by atoms with Crippen LogP contribution in [0.2, 0.25) is 0 Å². The molecule has 0 saturated carbocycles. The van der Waals surface area contributed by atoms with E-state index < -0.39 is 11.9 Å². The molecule has 0 aliphatic rings. The molecule has 1 aromatic rings. The van der Waals surface area contributed by atoms with Gasteiger partial charge in [0.05, 0.1) is 11.1 Å². The summed E-state index contributed by atoms with van der Waals surface area (Å²) in [7, 11) is 0. The molecule has 0 aromatic heterocycles. The Morgan fingerprint density at radius 2 is 1.80 bits per heavy atom. The van der Waals surface area contributed by atoms with E-state index in [9.17, 15) is 9.59 Å². The number of anilines is 1. The lowest BCUT2D eigenvalue weighted by Gasteiger charge is -2.30. The van der Waals surface area contributed by atoms with E-state index >= 15 is 0 Å². The van der Waals surface area contributed by atoms with E-state index in [1.807, 2.05) is 6.92 Å². The summed E-state index contributed by atoms with van der Waals surface area (Å²) >= 11 is 0. The van der Waals surface area contributed by atoms with Crippen LogP contribution in [-0.4, -0.2) is 23.0 Å². The highest BCUT2D eigenvalue weighted by Crippen LogP contribution is 2.27. The summed E-state index contributed by atoms with van der Waals surface area (Å²) in [5.74, 6) is -1.60. The van der Waals surface area contributed by atoms with Gasteiger partial charge in [-0.05, 0) is 37.0 Å². The predicted octanol–water partition coefficient (Wildman–Crippen LogP) is 2.64. The number of primary amides is 1. The molecule has 0 fully saturated rings. The Bertz CT molecular complexity index is 545. The van der Waals surface area contributed by atoms with Crippen LogP contribution in [0.15, 0.2) is 12.1 Å². The van der Waals surface area contributed by atoms with Crippen molar-refractivity contribution >= 4 is 17.6 Å². The Kier molecular flexibility index (Phi) is 4.43. The topological polar surface area (TPSA) is 92.4 Å². The number of benzene rings is 1. The first-order valence-electron chi connectivity index (χ1n) is 6.48. The number of carbonyl (C=O) groups excluding carboxylic acids is 1. The SMILES string of the molecule is Cc1cc(C(N)=O)c(NC(C)C(C)(C)C)cc1C(=O)O. The molecule has 4 N–H and O–H groups in total. The van der Waals surface area contributed by atoms with Crippen LogP contribution in [0, 0.1) is 12.3 Å². The Labute approximate surface area is 119 Å². The number of rotatable bonds is 4. The molecule has 1 atom stereocenters. The van der Waals surface area contributed by atoms with Crippen LogP contribution in [0.25, 0.3) is 0 Å². The van der Waals surface area contributed by atoms with Gasteiger partial charge < -0.3 is 16.2 Å². The van der Waals surface area contributed by atoms with Crippen LogP contribution in [0.5, 0.6) is 0 Å². The van der Waals surface area contributed by atoms with Crippen molar-refractivity contribution in [2.75, 3.05) is 5.32 Å². The second-order valence-electron chi connectivity index (χ2n) is 6.11. The first kappa shape index (κ1) is 16.0. The molecule has 1 amide bonds. The molecule has 0 radical (unpaired) electrons. The van der Waals surface area contributed by atoms with Gasteiger partial charge in [0.25, 0.3) is 5.91 Å². The maximum Gasteiger partial charge on any atom is 0.336 e. The molecule has 0 heterocycles. The average molecular weight is 278 g/mol. The van der Waals surface area contributed by atoms with Crippen LogP contribution in [0.3, 0.4) is 0 Å². The quantitative estimate of drug-likeness (QED) is 0.789. The number of carboxylic acids is 1. The maximum absolute atomic E-state index is 11.5. The van der Waals surface area contributed by atoms with Gasteiger partial charge in [-0.1, -0.05) is 20.8 Å². The first-order valence-corrected chi connectivity index (χ1v) is 6.48. The van der Waals surface area contributed by atoms with E-state index in [1.165, 1.54) is 12.1 Å². The summed E-state index contributed by atoms with van der Waals surface area (Å²) in [6.45, 7) is 9.79. The van der Waals surface area contributed by atoms with Gasteiger partial charge in [0.2, 0.25) is 0 Å². The van der Waals surface area contributed by atoms with Gasteiger partial charge in [-0.2, -0.15) is 0 Å². The molecular weight excluding hydrogens is 256 g/mol. The maximum atomic E-state index is 11.5. The summed E-state index contributed by atoms with van der Waals surface area (Å²) in [5.41, 5.74) is 6.78. The van der Waals surface area contributed by atoms with E-state index in [0.29, 0.717) is 16.8 Å². The second kappa shape index (κ2) is 5.53. The van der Waals surface area contributed by atoms with Gasteiger partial charge in [-0.15, -0.1) is 0 Å². The summed E-state index contributed by atoms with van der Waals surface area (Å²) < 4.78 is 0. The highest BCUT2D eigenvalue weighted by molar-refractivity contribution is 6.01. The molecule has 1 unspecified atom stereocenters. The standard InChI is InChI=1S/C15H22N2O3/c1-8-6-11(13(16)18)12(7-10(8)14(19)20)17-9(2)15(3,4)5/h6-7,9,17H,1-5H3,(H2,16,18)(H,19,20). The number of hydrogen-bond acceptors (Lipinski definition) is 3. The number of carbonyl (C=O) groups is 2. The Morgan fingerprint density at radius 3 is 2.20 bits per heavy atom. The summed E-state index contributed by atoms with van der Waals surface area (Å²) in [6.07, 6.45) is 0. The van der Waals surface area contributed by atoms with Gasteiger partial charge in [-0.3, -0.25) is 4.79 Å². The van der Waals surface area contributed by atoms with E-state index in [2.05, 4.69) is 26.1 Å². The molecule has 5 nitrogen and oxygen atoms in total. The van der Waals surface area contributed by atoms with Crippen LogP contribution >= 0.6 is 0 Å². The highest BCUT2D eigenvalue weighted by Gasteiger charge is 2.23. The largest absolute Gasteiger partial charge is 0.478 e. The lowest BCUT2D eigenvalue weighted by Crippen LogP contribution is -2.32. The van der Waals surface area contributed by atoms with Gasteiger partial charge in [-0.25, -0.2) is 4.79 Å². The Morgan fingerprint density at radius 1 is 1.25 bits per heavy atom. The first-order chi connectivity index (χ1) is 9.04. The third-order valence-electron chi connectivity index (χ3n) is 3.53. The number of amides is 1. The highest BCUT2D eigenvalue weighted by atomic mass is 16.4. The third kappa shape index (κ3) is 3.50. The number of nitrogens with two attached hydrogens (primary N) is 1. The molecule has 20 heavy (non-hydrogen) atoms. The fourth-order valence-electron chi connectivity index (χ4n) is 1.71. The molecule has 0 aliphatic carbocycles. The van der Waals surface area contributed by atoms with E-state index in [-0.39, 0.29) is 17.0 Å². The molecule has 5 heteroatoms. The molecule has 1 aromatic carbocycles. The number of hydrogen-bond donors (Lipinski definition) is 3. The fourth-order valence-corrected chi connectivity index (χ4v) is 1.71. The zero-order valence-corrected chi connectivity index (χ0v) is 12.6. The predicted molar refractivity (Wildman–Crippen MR) is 79.2 cm³/mol. The summed E-state index contributed by atoms with van der Waals surface area (Å²) in [4.78, 5) is 22.7. The number of aromatic carboxylic acids is 1. The smallest absolute Gasteiger partial charge is 0.336 e. The average Bonchev–Trinajstić information content (AvgIpc) is 2.28. The van der Waals surface area contributed by atoms with Gasteiger partial charge in [0.1, 0.15) is 0 Å². The fraction of sp³-hybridized carbons (Fsp3) is 0.467. The summed E-state index contributed by atoms with van der Waals surface area (Å²) in [6, 6.07) is 3.04. The minimum Gasteiger partial charge on any atom is -0.478 e. The zero-order chi connectivity index (χ0) is 15.7. The number of carboxylic acid groups (broad SMARTS) is 1. The molecule has 0 aliphatic heterocycles. The van der Waals surface area contributed by atoms with Gasteiger partial charge in [0.15, 0.2) is 0 Å². The van der Waals surface area contributed by atoms with E-state index in [1.54, 1.807) is 6.92 Å². The van der Waals surface area contributed by atoms with Gasteiger partial charge in [0, 0.05) is 11.7 Å². The normalized spacial score (nSPS) is 12.8. The monoisotopic (exact) mass is 278 g/mol. The van der Waals surface area contributed by atoms with Crippen LogP contribution in [0.4, 0.5) is 5.69 Å². The molecule has 0 saturated heterocycles. The third-order valence-corrected chi connectivity index (χ3v) is 3.53. The zero-order valence-electron chi connectivity index (χ0n) is 12.6.